The highest BCUT2D eigenvalue weighted by molar-refractivity contribution is 9.11. The van der Waals surface area contributed by atoms with Gasteiger partial charge in [0.05, 0.1) is 26.5 Å². The van der Waals surface area contributed by atoms with Crippen LogP contribution in [0.15, 0.2) is 49.5 Å². The van der Waals surface area contributed by atoms with Gasteiger partial charge in [-0.3, -0.25) is 30.3 Å². The first kappa shape index (κ1) is 18.5. The highest BCUT2D eigenvalue weighted by atomic mass is 79.9. The Morgan fingerprint density at radius 3 is 1.84 bits per heavy atom. The lowest BCUT2D eigenvalue weighted by Crippen LogP contribution is -2.01. The molecule has 13 heteroatoms. The lowest BCUT2D eigenvalue weighted by molar-refractivity contribution is -0.424. The van der Waals surface area contributed by atoms with Gasteiger partial charge in [0.25, 0.3) is 5.69 Å². The van der Waals surface area contributed by atoms with Crippen LogP contribution in [0.5, 0.6) is 0 Å². The minimum atomic E-state index is -1.09. The number of hydrogen-bond acceptors (Lipinski definition) is 8. The second-order valence-electron chi connectivity index (χ2n) is 4.37. The zero-order valence-electron chi connectivity index (χ0n) is 11.8. The maximum absolute atomic E-state index is 11.2. The summed E-state index contributed by atoms with van der Waals surface area (Å²) in [7, 11) is 0. The quantitative estimate of drug-likeness (QED) is 0.323. The number of rotatable bonds is 5. The Morgan fingerprint density at radius 2 is 1.36 bits per heavy atom. The molecule has 0 atom stereocenters. The molecular formula is C12H5Br2N5O6. The van der Waals surface area contributed by atoms with Gasteiger partial charge in [0.15, 0.2) is 10.2 Å². The van der Waals surface area contributed by atoms with Gasteiger partial charge in [0.1, 0.15) is 0 Å². The molecule has 0 heterocycles. The van der Waals surface area contributed by atoms with E-state index in [1.807, 2.05) is 0 Å². The van der Waals surface area contributed by atoms with Crippen LogP contribution < -0.4 is 0 Å². The summed E-state index contributed by atoms with van der Waals surface area (Å²) in [4.78, 5) is 30.4. The second-order valence-corrected chi connectivity index (χ2v) is 6.08. The summed E-state index contributed by atoms with van der Waals surface area (Å²) in [6.07, 6.45) is 0. The van der Waals surface area contributed by atoms with E-state index in [0.717, 1.165) is 10.5 Å². The summed E-state index contributed by atoms with van der Waals surface area (Å²) in [5.74, 6) is 0. The third-order valence-electron chi connectivity index (χ3n) is 2.83. The van der Waals surface area contributed by atoms with Crippen LogP contribution in [-0.4, -0.2) is 14.8 Å². The van der Waals surface area contributed by atoms with E-state index < -0.39 is 42.0 Å². The standard InChI is InChI=1S/C12H5Br2N5O6/c13-6-1-3-7(4-2-6)15-16-8-5-9(17(20)21)10(14)12(19(24)25)11(8)18(22)23/h1-5H. The van der Waals surface area contributed by atoms with Gasteiger partial charge < -0.3 is 0 Å². The topological polar surface area (TPSA) is 154 Å². The van der Waals surface area contributed by atoms with Crippen LogP contribution in [0, 0.1) is 30.3 Å². The number of hydrogen-bond donors (Lipinski definition) is 0. The molecule has 0 amide bonds. The van der Waals surface area contributed by atoms with Crippen LogP contribution in [0.2, 0.25) is 0 Å². The fourth-order valence-electron chi connectivity index (χ4n) is 1.78. The summed E-state index contributed by atoms with van der Waals surface area (Å²) >= 11 is 5.89. The summed E-state index contributed by atoms with van der Waals surface area (Å²) < 4.78 is 0.143. The Bertz CT molecular complexity index is 915. The highest BCUT2D eigenvalue weighted by Crippen LogP contribution is 2.47. The SMILES string of the molecule is O=[N+]([O-])c1cc(N=Nc2ccc(Br)cc2)c([N+](=O)[O-])c([N+](=O)[O-])c1Br. The number of halogens is 2. The highest BCUT2D eigenvalue weighted by Gasteiger charge is 2.38. The van der Waals surface area contributed by atoms with Crippen LogP contribution in [0.25, 0.3) is 0 Å². The molecule has 2 aromatic rings. The van der Waals surface area contributed by atoms with Crippen molar-refractivity contribution in [3.8, 4) is 0 Å². The predicted molar refractivity (Wildman–Crippen MR) is 92.4 cm³/mol. The number of azo groups is 1. The summed E-state index contributed by atoms with van der Waals surface area (Å²) in [5.41, 5.74) is -3.10. The minimum Gasteiger partial charge on any atom is -0.258 e. The fourth-order valence-corrected chi connectivity index (χ4v) is 2.64. The molecule has 0 saturated heterocycles. The Balaban J connectivity index is 2.70. The van der Waals surface area contributed by atoms with Crippen molar-refractivity contribution in [1.29, 1.82) is 0 Å². The molecule has 0 unspecified atom stereocenters. The molecule has 0 radical (unpaired) electrons. The van der Waals surface area contributed by atoms with Gasteiger partial charge in [-0.25, -0.2) is 0 Å². The van der Waals surface area contributed by atoms with Crippen molar-refractivity contribution >= 4 is 60.3 Å². The summed E-state index contributed by atoms with van der Waals surface area (Å²) in [5, 5.41) is 40.8. The van der Waals surface area contributed by atoms with E-state index in [1.54, 1.807) is 12.1 Å². The first-order valence-corrected chi connectivity index (χ1v) is 7.78. The smallest absolute Gasteiger partial charge is 0.258 e. The molecule has 0 N–H and O–H groups in total. The normalized spacial score (nSPS) is 10.8. The molecule has 11 nitrogen and oxygen atoms in total. The molecule has 0 fully saturated rings. The van der Waals surface area contributed by atoms with Crippen molar-refractivity contribution in [2.75, 3.05) is 0 Å². The lowest BCUT2D eigenvalue weighted by Gasteiger charge is -2.02. The van der Waals surface area contributed by atoms with Gasteiger partial charge in [-0.05, 0) is 40.2 Å². The summed E-state index contributed by atoms with van der Waals surface area (Å²) in [6, 6.07) is 7.07. The number of nitrogens with zero attached hydrogens (tertiary/aromatic N) is 5. The van der Waals surface area contributed by atoms with E-state index in [0.29, 0.717) is 5.69 Å². The van der Waals surface area contributed by atoms with Crippen molar-refractivity contribution in [1.82, 2.24) is 0 Å². The van der Waals surface area contributed by atoms with E-state index in [1.165, 1.54) is 12.1 Å². The van der Waals surface area contributed by atoms with Crippen LogP contribution in [0.4, 0.5) is 28.4 Å². The largest absolute Gasteiger partial charge is 0.375 e. The predicted octanol–water partition coefficient (Wildman–Crippen LogP) is 5.35. The molecule has 0 spiro atoms. The molecule has 0 saturated carbocycles. The van der Waals surface area contributed by atoms with Crippen LogP contribution >= 0.6 is 31.9 Å². The maximum atomic E-state index is 11.2. The van der Waals surface area contributed by atoms with Gasteiger partial charge in [0.2, 0.25) is 0 Å². The maximum Gasteiger partial charge on any atom is 0.375 e. The molecule has 128 valence electrons. The van der Waals surface area contributed by atoms with Crippen molar-refractivity contribution in [3.05, 3.63) is 69.6 Å². The Hall–Kier alpha value is -2.80. The monoisotopic (exact) mass is 473 g/mol. The van der Waals surface area contributed by atoms with Crippen LogP contribution in [0.1, 0.15) is 0 Å². The van der Waals surface area contributed by atoms with Gasteiger partial charge in [0, 0.05) is 4.47 Å². The molecule has 0 aliphatic rings. The van der Waals surface area contributed by atoms with Crippen molar-refractivity contribution < 1.29 is 14.8 Å². The average molecular weight is 475 g/mol. The van der Waals surface area contributed by atoms with Gasteiger partial charge in [-0.2, -0.15) is 5.11 Å². The van der Waals surface area contributed by atoms with E-state index in [4.69, 9.17) is 0 Å². The van der Waals surface area contributed by atoms with Crippen molar-refractivity contribution in [2.45, 2.75) is 0 Å². The zero-order valence-corrected chi connectivity index (χ0v) is 15.0. The van der Waals surface area contributed by atoms with Crippen LogP contribution in [0.3, 0.4) is 0 Å². The number of nitro groups is 3. The van der Waals surface area contributed by atoms with E-state index in [2.05, 4.69) is 42.1 Å². The first-order valence-electron chi connectivity index (χ1n) is 6.19. The molecule has 2 rings (SSSR count). The van der Waals surface area contributed by atoms with E-state index in [9.17, 15) is 30.3 Å². The fraction of sp³-hybridized carbons (Fsp3) is 0. The number of nitro benzene ring substituents is 3. The Kier molecular flexibility index (Phi) is 5.48. The third kappa shape index (κ3) is 4.00. The van der Waals surface area contributed by atoms with Gasteiger partial charge in [-0.15, -0.1) is 5.11 Å². The Labute approximate surface area is 155 Å². The van der Waals surface area contributed by atoms with Crippen molar-refractivity contribution in [3.63, 3.8) is 0 Å². The molecule has 0 aliphatic heterocycles. The molecule has 0 aliphatic carbocycles. The summed E-state index contributed by atoms with van der Waals surface area (Å²) in [6.45, 7) is 0. The van der Waals surface area contributed by atoms with Gasteiger partial charge in [-0.1, -0.05) is 15.9 Å². The second kappa shape index (κ2) is 7.40. The molecule has 25 heavy (non-hydrogen) atoms. The van der Waals surface area contributed by atoms with E-state index in [-0.39, 0.29) is 0 Å². The molecule has 0 bridgehead atoms. The Morgan fingerprint density at radius 1 is 0.800 bits per heavy atom. The van der Waals surface area contributed by atoms with Crippen molar-refractivity contribution in [2.24, 2.45) is 10.2 Å². The minimum absolute atomic E-state index is 0.297. The number of benzene rings is 2. The van der Waals surface area contributed by atoms with Gasteiger partial charge >= 0.3 is 11.4 Å². The van der Waals surface area contributed by atoms with Crippen LogP contribution in [-0.2, 0) is 0 Å². The molecular weight excluding hydrogens is 470 g/mol. The average Bonchev–Trinajstić information content (AvgIpc) is 2.53. The molecule has 2 aromatic carbocycles. The third-order valence-corrected chi connectivity index (χ3v) is 4.15. The van der Waals surface area contributed by atoms with E-state index >= 15 is 0 Å². The zero-order chi connectivity index (χ0) is 18.7. The first-order chi connectivity index (χ1) is 11.7. The molecule has 0 aromatic heterocycles. The lowest BCUT2D eigenvalue weighted by atomic mass is 10.2.